The fraction of sp³-hybridized carbons (Fsp3) is 0.500. The Kier molecular flexibility index (Phi) is 7.69. The summed E-state index contributed by atoms with van der Waals surface area (Å²) in [5.74, 6) is 1.03. The summed E-state index contributed by atoms with van der Waals surface area (Å²) < 4.78 is 35.4. The highest BCUT2D eigenvalue weighted by molar-refractivity contribution is 7.89. The monoisotopic (exact) mass is 330 g/mol. The van der Waals surface area contributed by atoms with Crippen molar-refractivity contribution in [2.24, 2.45) is 0 Å². The summed E-state index contributed by atoms with van der Waals surface area (Å²) in [5, 5.41) is 2.57. The molecule has 0 spiro atoms. The highest BCUT2D eigenvalue weighted by Gasteiger charge is 2.10. The quantitative estimate of drug-likeness (QED) is 0.610. The first-order valence-corrected chi connectivity index (χ1v) is 8.63. The smallest absolute Gasteiger partial charge is 0.235 e. The van der Waals surface area contributed by atoms with E-state index in [0.717, 1.165) is 5.75 Å². The number of hydrogen-bond donors (Lipinski definition) is 2. The molecule has 0 aliphatic rings. The zero-order chi connectivity index (χ0) is 16.4. The van der Waals surface area contributed by atoms with Crippen molar-refractivity contribution in [3.05, 3.63) is 24.3 Å². The number of nitrogens with one attached hydrogen (secondary N) is 2. The van der Waals surface area contributed by atoms with E-state index in [4.69, 9.17) is 9.47 Å². The Morgan fingerprint density at radius 1 is 1.18 bits per heavy atom. The average molecular weight is 330 g/mol. The van der Waals surface area contributed by atoms with Gasteiger partial charge in [-0.05, 0) is 30.7 Å². The summed E-state index contributed by atoms with van der Waals surface area (Å²) in [5.41, 5.74) is 0. The Labute approximate surface area is 131 Å². The third kappa shape index (κ3) is 7.28. The summed E-state index contributed by atoms with van der Waals surface area (Å²) in [7, 11) is -1.78. The van der Waals surface area contributed by atoms with Crippen molar-refractivity contribution >= 4 is 15.9 Å². The Morgan fingerprint density at radius 2 is 1.82 bits per heavy atom. The minimum atomic E-state index is -3.36. The molecule has 0 bridgehead atoms. The standard InChI is InChI=1S/C14H22N2O5S/c1-3-10-22(18,19)16-11-14(17)15-8-9-21-13-6-4-12(20-2)5-7-13/h4-7,16H,3,8-11H2,1-2H3,(H,15,17). The number of amides is 1. The lowest BCUT2D eigenvalue weighted by atomic mass is 10.3. The molecule has 7 nitrogen and oxygen atoms in total. The first-order valence-electron chi connectivity index (χ1n) is 6.97. The highest BCUT2D eigenvalue weighted by atomic mass is 32.2. The van der Waals surface area contributed by atoms with Gasteiger partial charge in [0.25, 0.3) is 0 Å². The molecule has 0 aliphatic heterocycles. The molecule has 0 aromatic heterocycles. The third-order valence-electron chi connectivity index (χ3n) is 2.68. The highest BCUT2D eigenvalue weighted by Crippen LogP contribution is 2.16. The molecule has 0 saturated carbocycles. The van der Waals surface area contributed by atoms with Crippen LogP contribution < -0.4 is 19.5 Å². The lowest BCUT2D eigenvalue weighted by Crippen LogP contribution is -2.39. The number of rotatable bonds is 10. The number of carbonyl (C=O) groups is 1. The number of ether oxygens (including phenoxy) is 2. The normalized spacial score (nSPS) is 11.0. The summed E-state index contributed by atoms with van der Waals surface area (Å²) in [6.07, 6.45) is 0.507. The second-order valence-corrected chi connectivity index (χ2v) is 6.44. The minimum absolute atomic E-state index is 0.0147. The molecule has 0 aliphatic carbocycles. The van der Waals surface area contributed by atoms with E-state index >= 15 is 0 Å². The fourth-order valence-electron chi connectivity index (χ4n) is 1.61. The summed E-state index contributed by atoms with van der Waals surface area (Å²) >= 11 is 0. The molecule has 0 heterocycles. The maximum absolute atomic E-state index is 11.5. The zero-order valence-electron chi connectivity index (χ0n) is 12.8. The van der Waals surface area contributed by atoms with Gasteiger partial charge < -0.3 is 14.8 Å². The van der Waals surface area contributed by atoms with Crippen molar-refractivity contribution in [1.82, 2.24) is 10.0 Å². The maximum atomic E-state index is 11.5. The molecule has 2 N–H and O–H groups in total. The Bertz CT molecular complexity index is 557. The van der Waals surface area contributed by atoms with Crippen molar-refractivity contribution in [3.8, 4) is 11.5 Å². The van der Waals surface area contributed by atoms with Crippen LogP contribution in [-0.4, -0.2) is 46.9 Å². The largest absolute Gasteiger partial charge is 0.497 e. The lowest BCUT2D eigenvalue weighted by molar-refractivity contribution is -0.120. The number of hydrogen-bond acceptors (Lipinski definition) is 5. The molecular formula is C14H22N2O5S. The van der Waals surface area contributed by atoms with E-state index in [1.807, 2.05) is 0 Å². The van der Waals surface area contributed by atoms with E-state index in [1.165, 1.54) is 0 Å². The van der Waals surface area contributed by atoms with Crippen LogP contribution in [0.2, 0.25) is 0 Å². The van der Waals surface area contributed by atoms with E-state index in [2.05, 4.69) is 10.0 Å². The van der Waals surface area contributed by atoms with Gasteiger partial charge >= 0.3 is 0 Å². The van der Waals surface area contributed by atoms with Crippen molar-refractivity contribution in [2.45, 2.75) is 13.3 Å². The molecule has 0 radical (unpaired) electrons. The van der Waals surface area contributed by atoms with Gasteiger partial charge in [0.2, 0.25) is 15.9 Å². The van der Waals surface area contributed by atoms with E-state index in [9.17, 15) is 13.2 Å². The van der Waals surface area contributed by atoms with Gasteiger partial charge in [-0.1, -0.05) is 6.92 Å². The van der Waals surface area contributed by atoms with Crippen LogP contribution in [0.3, 0.4) is 0 Å². The number of sulfonamides is 1. The number of benzene rings is 1. The Balaban J connectivity index is 2.19. The first kappa shape index (κ1) is 18.2. The molecule has 1 rings (SSSR count). The average Bonchev–Trinajstić information content (AvgIpc) is 2.50. The van der Waals surface area contributed by atoms with Crippen LogP contribution in [0.5, 0.6) is 11.5 Å². The number of methoxy groups -OCH3 is 1. The summed E-state index contributed by atoms with van der Waals surface area (Å²) in [6, 6.07) is 7.08. The molecule has 0 unspecified atom stereocenters. The second kappa shape index (κ2) is 9.26. The fourth-order valence-corrected chi connectivity index (χ4v) is 2.64. The first-order chi connectivity index (χ1) is 10.5. The van der Waals surface area contributed by atoms with Crippen LogP contribution in [-0.2, 0) is 14.8 Å². The summed E-state index contributed by atoms with van der Waals surface area (Å²) in [6.45, 7) is 2.08. The zero-order valence-corrected chi connectivity index (χ0v) is 13.6. The van der Waals surface area contributed by atoms with Crippen LogP contribution in [0.15, 0.2) is 24.3 Å². The molecule has 1 aromatic carbocycles. The van der Waals surface area contributed by atoms with Crippen molar-refractivity contribution < 1.29 is 22.7 Å². The van der Waals surface area contributed by atoms with E-state index in [0.29, 0.717) is 25.3 Å². The predicted molar refractivity (Wildman–Crippen MR) is 83.6 cm³/mol. The molecule has 0 atom stereocenters. The van der Waals surface area contributed by atoms with Crippen molar-refractivity contribution in [3.63, 3.8) is 0 Å². The van der Waals surface area contributed by atoms with Crippen molar-refractivity contribution in [2.75, 3.05) is 32.6 Å². The van der Waals surface area contributed by atoms with Gasteiger partial charge in [0, 0.05) is 0 Å². The van der Waals surface area contributed by atoms with E-state index < -0.39 is 15.9 Å². The molecule has 8 heteroatoms. The minimum Gasteiger partial charge on any atom is -0.497 e. The second-order valence-electron chi connectivity index (χ2n) is 4.51. The molecule has 1 amide bonds. The molecule has 0 fully saturated rings. The van der Waals surface area contributed by atoms with Crippen LogP contribution in [0, 0.1) is 0 Å². The van der Waals surface area contributed by atoms with Gasteiger partial charge in [-0.2, -0.15) is 0 Å². The molecule has 0 saturated heterocycles. The van der Waals surface area contributed by atoms with Gasteiger partial charge in [0.05, 0.1) is 26.0 Å². The predicted octanol–water partition coefficient (Wildman–Crippen LogP) is 0.520. The van der Waals surface area contributed by atoms with Gasteiger partial charge in [0.1, 0.15) is 18.1 Å². The Morgan fingerprint density at radius 3 is 2.41 bits per heavy atom. The SMILES string of the molecule is CCCS(=O)(=O)NCC(=O)NCCOc1ccc(OC)cc1. The molecule has 124 valence electrons. The maximum Gasteiger partial charge on any atom is 0.235 e. The molecule has 22 heavy (non-hydrogen) atoms. The van der Waals surface area contributed by atoms with Crippen LogP contribution >= 0.6 is 0 Å². The van der Waals surface area contributed by atoms with Crippen LogP contribution in [0.1, 0.15) is 13.3 Å². The van der Waals surface area contributed by atoms with Gasteiger partial charge in [-0.15, -0.1) is 0 Å². The van der Waals surface area contributed by atoms with E-state index in [1.54, 1.807) is 38.3 Å². The number of carbonyl (C=O) groups excluding carboxylic acids is 1. The third-order valence-corrected chi connectivity index (χ3v) is 4.21. The van der Waals surface area contributed by atoms with Gasteiger partial charge in [0.15, 0.2) is 0 Å². The topological polar surface area (TPSA) is 93.7 Å². The van der Waals surface area contributed by atoms with E-state index in [-0.39, 0.29) is 12.3 Å². The summed E-state index contributed by atoms with van der Waals surface area (Å²) in [4.78, 5) is 11.5. The van der Waals surface area contributed by atoms with Crippen LogP contribution in [0.4, 0.5) is 0 Å². The van der Waals surface area contributed by atoms with Gasteiger partial charge in [-0.25, -0.2) is 13.1 Å². The lowest BCUT2D eigenvalue weighted by Gasteiger charge is -2.09. The Hall–Kier alpha value is -1.80. The van der Waals surface area contributed by atoms with Gasteiger partial charge in [-0.3, -0.25) is 4.79 Å². The molecular weight excluding hydrogens is 308 g/mol. The van der Waals surface area contributed by atoms with Crippen LogP contribution in [0.25, 0.3) is 0 Å². The molecule has 1 aromatic rings. The van der Waals surface area contributed by atoms with Crippen molar-refractivity contribution in [1.29, 1.82) is 0 Å².